The van der Waals surface area contributed by atoms with E-state index < -0.39 is 0 Å². The molecule has 0 aliphatic heterocycles. The summed E-state index contributed by atoms with van der Waals surface area (Å²) in [5, 5.41) is 10.9. The minimum atomic E-state index is 0.712. The lowest BCUT2D eigenvalue weighted by Crippen LogP contribution is -2.03. The van der Waals surface area contributed by atoms with E-state index in [0.29, 0.717) is 5.82 Å². The van der Waals surface area contributed by atoms with Crippen LogP contribution in [0.25, 0.3) is 99.0 Å². The topological polar surface area (TPSA) is 35.6 Å². The maximum atomic E-state index is 5.32. The molecular formula is C46H28N4. The van der Waals surface area contributed by atoms with Crippen molar-refractivity contribution in [1.29, 1.82) is 0 Å². The fourth-order valence-corrected chi connectivity index (χ4v) is 8.02. The number of hydrogen-bond donors (Lipinski definition) is 0. The molecule has 8 aromatic carbocycles. The molecule has 11 aromatic rings. The van der Waals surface area contributed by atoms with Gasteiger partial charge in [-0.1, -0.05) is 115 Å². The average Bonchev–Trinajstić information content (AvgIpc) is 3.69. The summed E-state index contributed by atoms with van der Waals surface area (Å²) in [6, 6.07) is 60.8. The van der Waals surface area contributed by atoms with Gasteiger partial charge in [0.15, 0.2) is 5.82 Å². The Balaban J connectivity index is 1.26. The first-order valence-corrected chi connectivity index (χ1v) is 17.0. The van der Waals surface area contributed by atoms with Crippen molar-refractivity contribution in [3.63, 3.8) is 0 Å². The summed E-state index contributed by atoms with van der Waals surface area (Å²) >= 11 is 0. The molecule has 0 N–H and O–H groups in total. The van der Waals surface area contributed by atoms with Gasteiger partial charge in [0.25, 0.3) is 0 Å². The Kier molecular flexibility index (Phi) is 5.63. The maximum Gasteiger partial charge on any atom is 0.162 e. The van der Waals surface area contributed by atoms with Gasteiger partial charge >= 0.3 is 0 Å². The average molecular weight is 637 g/mol. The predicted molar refractivity (Wildman–Crippen MR) is 209 cm³/mol. The van der Waals surface area contributed by atoms with Crippen molar-refractivity contribution in [3.8, 4) is 22.9 Å². The van der Waals surface area contributed by atoms with E-state index in [1.54, 1.807) is 0 Å². The second-order valence-electron chi connectivity index (χ2n) is 13.0. The highest BCUT2D eigenvalue weighted by Gasteiger charge is 2.20. The summed E-state index contributed by atoms with van der Waals surface area (Å²) in [6.07, 6.45) is 0. The predicted octanol–water partition coefficient (Wildman–Crippen LogP) is 11.8. The molecule has 0 radical (unpaired) electrons. The first kappa shape index (κ1) is 27.2. The highest BCUT2D eigenvalue weighted by molar-refractivity contribution is 6.22. The van der Waals surface area contributed by atoms with E-state index in [1.807, 2.05) is 18.2 Å². The monoisotopic (exact) mass is 636 g/mol. The molecule has 0 atom stereocenters. The molecule has 11 rings (SSSR count). The molecule has 0 aliphatic rings. The Morgan fingerprint density at radius 2 is 1.00 bits per heavy atom. The van der Waals surface area contributed by atoms with Gasteiger partial charge in [-0.2, -0.15) is 0 Å². The molecule has 0 unspecified atom stereocenters. The minimum Gasteiger partial charge on any atom is -0.309 e. The highest BCUT2D eigenvalue weighted by Crippen LogP contribution is 2.41. The van der Waals surface area contributed by atoms with Crippen LogP contribution in [0.3, 0.4) is 0 Å². The van der Waals surface area contributed by atoms with Crippen LogP contribution < -0.4 is 0 Å². The van der Waals surface area contributed by atoms with E-state index in [9.17, 15) is 0 Å². The minimum absolute atomic E-state index is 0.712. The molecule has 0 saturated heterocycles. The third-order valence-corrected chi connectivity index (χ3v) is 10.3. The van der Waals surface area contributed by atoms with E-state index in [-0.39, 0.29) is 0 Å². The summed E-state index contributed by atoms with van der Waals surface area (Å²) in [4.78, 5) is 10.3. The molecule has 0 amide bonds. The van der Waals surface area contributed by atoms with Crippen molar-refractivity contribution in [2.45, 2.75) is 0 Å². The van der Waals surface area contributed by atoms with E-state index in [4.69, 9.17) is 9.97 Å². The van der Waals surface area contributed by atoms with Gasteiger partial charge in [0.05, 0.1) is 27.6 Å². The first-order chi connectivity index (χ1) is 24.8. The molecule has 4 heteroatoms. The van der Waals surface area contributed by atoms with Crippen LogP contribution in [0.4, 0.5) is 0 Å². The largest absolute Gasteiger partial charge is 0.309 e. The lowest BCUT2D eigenvalue weighted by molar-refractivity contribution is 1.07. The molecule has 0 saturated carbocycles. The summed E-state index contributed by atoms with van der Waals surface area (Å²) in [5.74, 6) is 1.59. The van der Waals surface area contributed by atoms with Gasteiger partial charge in [0.2, 0.25) is 0 Å². The molecular weight excluding hydrogens is 609 g/mol. The van der Waals surface area contributed by atoms with Crippen LogP contribution in [0, 0.1) is 0 Å². The van der Waals surface area contributed by atoms with Crippen LogP contribution >= 0.6 is 0 Å². The molecule has 232 valence electrons. The number of aromatic nitrogens is 4. The van der Waals surface area contributed by atoms with Gasteiger partial charge in [-0.3, -0.25) is 4.57 Å². The Morgan fingerprint density at radius 1 is 0.360 bits per heavy atom. The quantitative estimate of drug-likeness (QED) is 0.193. The molecule has 4 nitrogen and oxygen atoms in total. The van der Waals surface area contributed by atoms with Crippen LogP contribution in [0.2, 0.25) is 0 Å². The van der Waals surface area contributed by atoms with E-state index in [0.717, 1.165) is 39.0 Å². The zero-order valence-electron chi connectivity index (χ0n) is 27.0. The smallest absolute Gasteiger partial charge is 0.162 e. The van der Waals surface area contributed by atoms with Crippen molar-refractivity contribution in [2.24, 2.45) is 0 Å². The van der Waals surface area contributed by atoms with E-state index in [1.165, 1.54) is 54.1 Å². The normalized spacial score (nSPS) is 12.0. The highest BCUT2D eigenvalue weighted by atomic mass is 15.1. The number of nitrogens with zero attached hydrogens (tertiary/aromatic N) is 4. The van der Waals surface area contributed by atoms with Crippen molar-refractivity contribution >= 4 is 76.1 Å². The van der Waals surface area contributed by atoms with Gasteiger partial charge in [0, 0.05) is 38.2 Å². The Labute approximate surface area is 287 Å². The molecule has 3 aromatic heterocycles. The lowest BCUT2D eigenvalue weighted by Gasteiger charge is -2.13. The Morgan fingerprint density at radius 3 is 1.86 bits per heavy atom. The van der Waals surface area contributed by atoms with Gasteiger partial charge in [0.1, 0.15) is 5.82 Å². The Hall–Kier alpha value is -6.78. The van der Waals surface area contributed by atoms with Crippen LogP contribution in [0.1, 0.15) is 0 Å². The SMILES string of the molecule is c1ccc(-c2nc(-n3c4ccc(-n5c6ccccc6c6c7ccccc7ccc65)cc4c4cc5ccccc5cc43)c3ccccc3n2)cc1. The van der Waals surface area contributed by atoms with E-state index in [2.05, 4.69) is 161 Å². The number of benzene rings is 8. The summed E-state index contributed by atoms with van der Waals surface area (Å²) in [7, 11) is 0. The lowest BCUT2D eigenvalue weighted by atomic mass is 10.0. The fraction of sp³-hybridized carbons (Fsp3) is 0. The molecule has 0 aliphatic carbocycles. The van der Waals surface area contributed by atoms with Crippen LogP contribution in [0.5, 0.6) is 0 Å². The third-order valence-electron chi connectivity index (χ3n) is 10.3. The van der Waals surface area contributed by atoms with Gasteiger partial charge in [-0.15, -0.1) is 0 Å². The van der Waals surface area contributed by atoms with E-state index >= 15 is 0 Å². The van der Waals surface area contributed by atoms with Crippen molar-refractivity contribution < 1.29 is 0 Å². The van der Waals surface area contributed by atoms with Gasteiger partial charge in [-0.05, 0) is 76.1 Å². The molecule has 0 spiro atoms. The Bertz CT molecular complexity index is 3150. The molecule has 0 bridgehead atoms. The van der Waals surface area contributed by atoms with Gasteiger partial charge < -0.3 is 4.57 Å². The number of fused-ring (bicyclic) bond motifs is 10. The summed E-state index contributed by atoms with van der Waals surface area (Å²) in [6.45, 7) is 0. The van der Waals surface area contributed by atoms with Gasteiger partial charge in [-0.25, -0.2) is 9.97 Å². The van der Waals surface area contributed by atoms with Crippen molar-refractivity contribution in [1.82, 2.24) is 19.1 Å². The standard InChI is InChI=1S/C46H28N4/c1-2-13-30(14-3-1)45-47-39-20-10-8-18-35(39)46(48-45)50-41-25-23-33(28-38(41)37-26-31-15-4-5-16-32(31)27-43(37)50)49-40-21-11-9-19-36(40)44-34-17-7-6-12-29(34)22-24-42(44)49/h1-28H. The molecule has 0 fully saturated rings. The zero-order chi connectivity index (χ0) is 32.8. The van der Waals surface area contributed by atoms with Crippen LogP contribution in [-0.4, -0.2) is 19.1 Å². The van der Waals surface area contributed by atoms with Crippen LogP contribution in [0.15, 0.2) is 170 Å². The number of para-hydroxylation sites is 2. The second kappa shape index (κ2) is 10.4. The number of rotatable bonds is 3. The molecule has 3 heterocycles. The summed E-state index contributed by atoms with van der Waals surface area (Å²) < 4.78 is 4.77. The van der Waals surface area contributed by atoms with Crippen molar-refractivity contribution in [3.05, 3.63) is 170 Å². The first-order valence-electron chi connectivity index (χ1n) is 17.0. The zero-order valence-corrected chi connectivity index (χ0v) is 27.0. The second-order valence-corrected chi connectivity index (χ2v) is 13.0. The number of hydrogen-bond acceptors (Lipinski definition) is 2. The third kappa shape index (κ3) is 3.87. The summed E-state index contributed by atoms with van der Waals surface area (Å²) in [5.41, 5.74) is 7.66. The fourth-order valence-electron chi connectivity index (χ4n) is 8.02. The molecule has 50 heavy (non-hydrogen) atoms. The maximum absolute atomic E-state index is 5.32. The van der Waals surface area contributed by atoms with Crippen LogP contribution in [-0.2, 0) is 0 Å². The van der Waals surface area contributed by atoms with Crippen molar-refractivity contribution in [2.75, 3.05) is 0 Å².